The Bertz CT molecular complexity index is 1040. The van der Waals surface area contributed by atoms with Gasteiger partial charge in [-0.25, -0.2) is 9.59 Å². The van der Waals surface area contributed by atoms with Crippen LogP contribution in [0.15, 0.2) is 54.6 Å². The normalized spacial score (nSPS) is 25.7. The summed E-state index contributed by atoms with van der Waals surface area (Å²) in [7, 11) is 0. The first kappa shape index (κ1) is 25.7. The zero-order valence-electron chi connectivity index (χ0n) is 18.5. The Labute approximate surface area is 202 Å². The lowest BCUT2D eigenvalue weighted by Crippen LogP contribution is -2.58. The molecule has 1 fully saturated rings. The van der Waals surface area contributed by atoms with E-state index in [1.165, 1.54) is 18.2 Å². The standard InChI is InChI=1S/C25H27ClO8/c1-2-20(16-4-3-5-17(26)12-16)34-25(24(31)32)13-19(28)23(30)21(14-25)33-22(29)11-8-15-6-9-18(27)10-7-15/h3-12,19-21,23,27-28,30H,2,13-14H2,1H3,(H,31,32)/b11-8+/t19-,20?,21+,23+,25-/m0/s1. The van der Waals surface area contributed by atoms with Gasteiger partial charge < -0.3 is 29.9 Å². The van der Waals surface area contributed by atoms with E-state index in [2.05, 4.69) is 0 Å². The van der Waals surface area contributed by atoms with Gasteiger partial charge in [0.15, 0.2) is 5.60 Å². The van der Waals surface area contributed by atoms with Gasteiger partial charge in [-0.3, -0.25) is 0 Å². The molecule has 0 aliphatic heterocycles. The van der Waals surface area contributed by atoms with E-state index in [1.54, 1.807) is 36.4 Å². The first-order chi connectivity index (χ1) is 16.1. The maximum Gasteiger partial charge on any atom is 0.336 e. The highest BCUT2D eigenvalue weighted by atomic mass is 35.5. The highest BCUT2D eigenvalue weighted by molar-refractivity contribution is 6.30. The fourth-order valence-electron chi connectivity index (χ4n) is 3.97. The van der Waals surface area contributed by atoms with Gasteiger partial charge in [-0.1, -0.05) is 42.8 Å². The van der Waals surface area contributed by atoms with Gasteiger partial charge in [0.05, 0.1) is 12.2 Å². The highest BCUT2D eigenvalue weighted by Crippen LogP contribution is 2.39. The number of carboxylic acid groups (broad SMARTS) is 1. The number of aliphatic hydroxyl groups excluding tert-OH is 2. The maximum absolute atomic E-state index is 12.4. The predicted molar refractivity (Wildman–Crippen MR) is 124 cm³/mol. The summed E-state index contributed by atoms with van der Waals surface area (Å²) in [6, 6.07) is 12.9. The lowest BCUT2D eigenvalue weighted by molar-refractivity contribution is -0.217. The van der Waals surface area contributed by atoms with E-state index in [9.17, 15) is 30.0 Å². The first-order valence-corrected chi connectivity index (χ1v) is 11.2. The molecular weight excluding hydrogens is 464 g/mol. The van der Waals surface area contributed by atoms with Crippen molar-refractivity contribution >= 4 is 29.6 Å². The van der Waals surface area contributed by atoms with Crippen LogP contribution in [-0.2, 0) is 19.1 Å². The second-order valence-electron chi connectivity index (χ2n) is 8.24. The number of aromatic hydroxyl groups is 1. The Morgan fingerprint density at radius 2 is 1.88 bits per heavy atom. The van der Waals surface area contributed by atoms with Crippen LogP contribution in [0.4, 0.5) is 0 Å². The third-order valence-corrected chi connectivity index (χ3v) is 6.00. The molecule has 2 aromatic carbocycles. The minimum Gasteiger partial charge on any atom is -0.508 e. The van der Waals surface area contributed by atoms with Crippen LogP contribution in [0.25, 0.3) is 6.08 Å². The van der Waals surface area contributed by atoms with Crippen molar-refractivity contribution in [3.05, 3.63) is 70.8 Å². The lowest BCUT2D eigenvalue weighted by Gasteiger charge is -2.43. The molecule has 0 heterocycles. The topological polar surface area (TPSA) is 134 Å². The number of phenolic OH excluding ortho intramolecular Hbond substituents is 1. The molecule has 1 aliphatic carbocycles. The molecular formula is C25H27ClO8. The average Bonchev–Trinajstić information content (AvgIpc) is 2.80. The molecule has 8 nitrogen and oxygen atoms in total. The zero-order valence-corrected chi connectivity index (χ0v) is 19.3. The molecule has 1 saturated carbocycles. The molecule has 3 rings (SSSR count). The first-order valence-electron chi connectivity index (χ1n) is 10.8. The van der Waals surface area contributed by atoms with Gasteiger partial charge in [-0.05, 0) is 47.9 Å². The Kier molecular flexibility index (Phi) is 8.33. The van der Waals surface area contributed by atoms with Crippen molar-refractivity contribution in [3.63, 3.8) is 0 Å². The number of hydrogen-bond acceptors (Lipinski definition) is 7. The Morgan fingerprint density at radius 3 is 2.50 bits per heavy atom. The number of benzene rings is 2. The number of halogens is 1. The van der Waals surface area contributed by atoms with E-state index in [-0.39, 0.29) is 18.6 Å². The van der Waals surface area contributed by atoms with Crippen LogP contribution in [0.3, 0.4) is 0 Å². The summed E-state index contributed by atoms with van der Waals surface area (Å²) in [6.07, 6.45) is -2.67. The van der Waals surface area contributed by atoms with Gasteiger partial charge >= 0.3 is 11.9 Å². The molecule has 1 unspecified atom stereocenters. The molecule has 0 spiro atoms. The molecule has 0 aromatic heterocycles. The van der Waals surface area contributed by atoms with Crippen LogP contribution in [0.1, 0.15) is 43.4 Å². The number of hydrogen-bond donors (Lipinski definition) is 4. The third-order valence-electron chi connectivity index (χ3n) is 5.77. The summed E-state index contributed by atoms with van der Waals surface area (Å²) >= 11 is 6.07. The fraction of sp³-hybridized carbons (Fsp3) is 0.360. The van der Waals surface area contributed by atoms with Gasteiger partial charge in [0, 0.05) is 23.9 Å². The van der Waals surface area contributed by atoms with Gasteiger partial charge in [0.25, 0.3) is 0 Å². The van der Waals surface area contributed by atoms with E-state index in [4.69, 9.17) is 21.1 Å². The SMILES string of the molecule is CCC(O[C@@]1(C(=O)O)C[C@H](O)[C@@H](O)[C@H](OC(=O)/C=C/c2ccc(O)cc2)C1)c1cccc(Cl)c1. The van der Waals surface area contributed by atoms with Crippen molar-refractivity contribution in [3.8, 4) is 5.75 Å². The quantitative estimate of drug-likeness (QED) is 0.326. The molecule has 0 saturated heterocycles. The summed E-state index contributed by atoms with van der Waals surface area (Å²) < 4.78 is 11.4. The van der Waals surface area contributed by atoms with Gasteiger partial charge in [0.1, 0.15) is 18.0 Å². The van der Waals surface area contributed by atoms with E-state index in [0.717, 1.165) is 6.08 Å². The molecule has 34 heavy (non-hydrogen) atoms. The second-order valence-corrected chi connectivity index (χ2v) is 8.67. The van der Waals surface area contributed by atoms with E-state index in [0.29, 0.717) is 22.6 Å². The van der Waals surface area contributed by atoms with Crippen molar-refractivity contribution in [2.45, 2.75) is 56.2 Å². The summed E-state index contributed by atoms with van der Waals surface area (Å²) in [6.45, 7) is 1.82. The van der Waals surface area contributed by atoms with Crippen molar-refractivity contribution in [1.29, 1.82) is 0 Å². The van der Waals surface area contributed by atoms with Gasteiger partial charge in [-0.15, -0.1) is 0 Å². The molecule has 5 atom stereocenters. The maximum atomic E-state index is 12.4. The molecule has 1 aliphatic rings. The number of esters is 1. The molecule has 4 N–H and O–H groups in total. The predicted octanol–water partition coefficient (Wildman–Crippen LogP) is 3.48. The molecule has 182 valence electrons. The second kappa shape index (κ2) is 11.0. The highest BCUT2D eigenvalue weighted by Gasteiger charge is 2.53. The average molecular weight is 491 g/mol. The number of phenols is 1. The molecule has 2 aromatic rings. The van der Waals surface area contributed by atoms with Gasteiger partial charge in [0.2, 0.25) is 0 Å². The van der Waals surface area contributed by atoms with Crippen molar-refractivity contribution in [1.82, 2.24) is 0 Å². The van der Waals surface area contributed by atoms with Crippen LogP contribution < -0.4 is 0 Å². The number of carbonyl (C=O) groups is 2. The van der Waals surface area contributed by atoms with Crippen molar-refractivity contribution in [2.75, 3.05) is 0 Å². The van der Waals surface area contributed by atoms with E-state index >= 15 is 0 Å². The van der Waals surface area contributed by atoms with Crippen LogP contribution in [0, 0.1) is 0 Å². The zero-order chi connectivity index (χ0) is 24.9. The fourth-order valence-corrected chi connectivity index (χ4v) is 4.17. The molecule has 0 bridgehead atoms. The molecule has 0 amide bonds. The van der Waals surface area contributed by atoms with Gasteiger partial charge in [-0.2, -0.15) is 0 Å². The largest absolute Gasteiger partial charge is 0.508 e. The summed E-state index contributed by atoms with van der Waals surface area (Å²) in [5.74, 6) is -2.08. The van der Waals surface area contributed by atoms with Crippen LogP contribution in [0.2, 0.25) is 5.02 Å². The van der Waals surface area contributed by atoms with E-state index in [1.807, 2.05) is 6.92 Å². The number of aliphatic hydroxyl groups is 2. The van der Waals surface area contributed by atoms with Crippen molar-refractivity contribution in [2.24, 2.45) is 0 Å². The smallest absolute Gasteiger partial charge is 0.336 e. The minimum absolute atomic E-state index is 0.0761. The summed E-state index contributed by atoms with van der Waals surface area (Å²) in [4.78, 5) is 24.7. The lowest BCUT2D eigenvalue weighted by atomic mass is 9.79. The van der Waals surface area contributed by atoms with E-state index < -0.39 is 42.0 Å². The number of carbonyl (C=O) groups excluding carboxylic acids is 1. The molecule has 9 heteroatoms. The molecule has 0 radical (unpaired) electrons. The number of rotatable bonds is 8. The number of aliphatic carboxylic acids is 1. The Hall–Kier alpha value is -2.91. The van der Waals surface area contributed by atoms with Crippen LogP contribution in [0.5, 0.6) is 5.75 Å². The minimum atomic E-state index is -1.90. The Balaban J connectivity index is 1.79. The van der Waals surface area contributed by atoms with Crippen LogP contribution in [-0.4, -0.2) is 56.3 Å². The van der Waals surface area contributed by atoms with Crippen LogP contribution >= 0.6 is 11.6 Å². The summed E-state index contributed by atoms with van der Waals surface area (Å²) in [5.41, 5.74) is -0.608. The monoisotopic (exact) mass is 490 g/mol. The third kappa shape index (κ3) is 6.15. The summed E-state index contributed by atoms with van der Waals surface area (Å²) in [5, 5.41) is 40.7. The number of carboxylic acids is 1. The number of ether oxygens (including phenoxy) is 2. The Morgan fingerprint density at radius 1 is 1.18 bits per heavy atom. The van der Waals surface area contributed by atoms with Crippen molar-refractivity contribution < 1.29 is 39.5 Å².